The number of carbonyl (C=O) groups is 2. The predicted octanol–water partition coefficient (Wildman–Crippen LogP) is 1.85. The van der Waals surface area contributed by atoms with Crippen LogP contribution in [0.15, 0.2) is 24.3 Å². The summed E-state index contributed by atoms with van der Waals surface area (Å²) < 4.78 is 1.04. The van der Waals surface area contributed by atoms with Crippen molar-refractivity contribution < 1.29 is 9.59 Å². The average molecular weight is 344 g/mol. The van der Waals surface area contributed by atoms with Crippen molar-refractivity contribution in [2.24, 2.45) is 0 Å². The van der Waals surface area contributed by atoms with Gasteiger partial charge in [0.05, 0.1) is 6.42 Å². The van der Waals surface area contributed by atoms with Gasteiger partial charge < -0.3 is 5.32 Å². The first-order valence-corrected chi connectivity index (χ1v) is 6.56. The number of hydrogen-bond donors (Lipinski definition) is 1. The van der Waals surface area contributed by atoms with Crippen LogP contribution < -0.4 is 5.32 Å². The average Bonchev–Trinajstić information content (AvgIpc) is 2.57. The maximum Gasteiger partial charge on any atom is 0.252 e. The zero-order valence-corrected chi connectivity index (χ0v) is 11.6. The van der Waals surface area contributed by atoms with Crippen LogP contribution in [0.5, 0.6) is 0 Å². The monoisotopic (exact) mass is 344 g/mol. The van der Waals surface area contributed by atoms with Crippen molar-refractivity contribution in [1.29, 1.82) is 0 Å². The van der Waals surface area contributed by atoms with Crippen LogP contribution in [0.4, 0.5) is 5.69 Å². The molecule has 0 saturated carbocycles. The van der Waals surface area contributed by atoms with E-state index in [9.17, 15) is 9.59 Å². The molecule has 1 N–H and O–H groups in total. The van der Waals surface area contributed by atoms with Gasteiger partial charge in [0.1, 0.15) is 6.04 Å². The van der Waals surface area contributed by atoms with Gasteiger partial charge in [0.15, 0.2) is 0 Å². The predicted molar refractivity (Wildman–Crippen MR) is 73.6 cm³/mol. The van der Waals surface area contributed by atoms with Gasteiger partial charge >= 0.3 is 0 Å². The number of imide groups is 1. The third-order valence-corrected chi connectivity index (χ3v) is 3.70. The van der Waals surface area contributed by atoms with Gasteiger partial charge in [0.25, 0.3) is 5.91 Å². The smallest absolute Gasteiger partial charge is 0.252 e. The van der Waals surface area contributed by atoms with Crippen LogP contribution in [0.1, 0.15) is 13.3 Å². The number of nitrogens with one attached hydrogen (secondary N) is 1. The number of nitrogens with zero attached hydrogens (tertiary/aromatic N) is 1. The number of anilines is 1. The summed E-state index contributed by atoms with van der Waals surface area (Å²) in [7, 11) is 0. The highest BCUT2D eigenvalue weighted by Gasteiger charge is 2.37. The first-order valence-electron chi connectivity index (χ1n) is 5.48. The van der Waals surface area contributed by atoms with Crippen molar-refractivity contribution >= 4 is 40.1 Å². The van der Waals surface area contributed by atoms with E-state index in [2.05, 4.69) is 27.9 Å². The molecule has 2 rings (SSSR count). The number of para-hydroxylation sites is 1. The number of likely N-dealkylation sites (N-methyl/N-ethyl adjacent to an activating group) is 1. The van der Waals surface area contributed by atoms with Crippen LogP contribution in [0.3, 0.4) is 0 Å². The number of benzene rings is 1. The Balaban J connectivity index is 2.14. The molecule has 90 valence electrons. The number of rotatable bonds is 3. The van der Waals surface area contributed by atoms with Crippen LogP contribution in [0.2, 0.25) is 0 Å². The van der Waals surface area contributed by atoms with Crippen LogP contribution in [-0.2, 0) is 9.59 Å². The van der Waals surface area contributed by atoms with Crippen LogP contribution in [-0.4, -0.2) is 29.3 Å². The molecular weight excluding hydrogens is 331 g/mol. The SMILES string of the molecule is CCN1C(=O)CC(Nc2ccccc2I)C1=O. The second-order valence-corrected chi connectivity index (χ2v) is 5.02. The first kappa shape index (κ1) is 12.3. The molecule has 1 fully saturated rings. The Morgan fingerprint density at radius 2 is 2.12 bits per heavy atom. The van der Waals surface area contributed by atoms with Crippen LogP contribution in [0.25, 0.3) is 0 Å². The van der Waals surface area contributed by atoms with Crippen molar-refractivity contribution in [3.05, 3.63) is 27.8 Å². The fraction of sp³-hybridized carbons (Fsp3) is 0.333. The second-order valence-electron chi connectivity index (χ2n) is 3.86. The van der Waals surface area contributed by atoms with Gasteiger partial charge in [-0.15, -0.1) is 0 Å². The van der Waals surface area contributed by atoms with Gasteiger partial charge in [-0.3, -0.25) is 14.5 Å². The molecule has 1 aliphatic rings. The zero-order valence-electron chi connectivity index (χ0n) is 9.44. The van der Waals surface area contributed by atoms with E-state index in [1.807, 2.05) is 31.2 Å². The molecule has 0 aliphatic carbocycles. The third-order valence-electron chi connectivity index (χ3n) is 2.76. The lowest BCUT2D eigenvalue weighted by molar-refractivity contribution is -0.138. The van der Waals surface area contributed by atoms with Crippen molar-refractivity contribution in [3.63, 3.8) is 0 Å². The van der Waals surface area contributed by atoms with E-state index < -0.39 is 6.04 Å². The Kier molecular flexibility index (Phi) is 3.66. The molecule has 0 radical (unpaired) electrons. The molecule has 1 saturated heterocycles. The van der Waals surface area contributed by atoms with Crippen molar-refractivity contribution in [2.75, 3.05) is 11.9 Å². The molecule has 1 unspecified atom stereocenters. The molecule has 0 spiro atoms. The minimum absolute atomic E-state index is 0.0964. The molecule has 1 aromatic carbocycles. The van der Waals surface area contributed by atoms with E-state index in [4.69, 9.17) is 0 Å². The summed E-state index contributed by atoms with van der Waals surface area (Å²) in [6.45, 7) is 2.26. The van der Waals surface area contributed by atoms with Crippen molar-refractivity contribution in [3.8, 4) is 0 Å². The van der Waals surface area contributed by atoms with E-state index in [-0.39, 0.29) is 18.2 Å². The number of hydrogen-bond acceptors (Lipinski definition) is 3. The summed E-state index contributed by atoms with van der Waals surface area (Å²) in [6.07, 6.45) is 0.248. The molecule has 0 aromatic heterocycles. The molecule has 0 bridgehead atoms. The fourth-order valence-electron chi connectivity index (χ4n) is 1.89. The Hall–Kier alpha value is -1.11. The van der Waals surface area contributed by atoms with Crippen LogP contribution in [0, 0.1) is 3.57 Å². The van der Waals surface area contributed by atoms with Crippen LogP contribution >= 0.6 is 22.6 Å². The Bertz CT molecular complexity index is 462. The van der Waals surface area contributed by atoms with Gasteiger partial charge in [-0.05, 0) is 41.6 Å². The Labute approximate surface area is 114 Å². The maximum absolute atomic E-state index is 11.9. The fourth-order valence-corrected chi connectivity index (χ4v) is 2.44. The summed E-state index contributed by atoms with van der Waals surface area (Å²) in [5.74, 6) is -0.224. The van der Waals surface area contributed by atoms with E-state index >= 15 is 0 Å². The lowest BCUT2D eigenvalue weighted by Gasteiger charge is -2.14. The minimum atomic E-state index is -0.418. The third kappa shape index (κ3) is 2.43. The number of amides is 2. The van der Waals surface area contributed by atoms with Crippen molar-refractivity contribution in [1.82, 2.24) is 4.90 Å². The lowest BCUT2D eigenvalue weighted by Crippen LogP contribution is -2.34. The van der Waals surface area contributed by atoms with E-state index in [1.165, 1.54) is 4.90 Å². The molecule has 5 heteroatoms. The zero-order chi connectivity index (χ0) is 12.4. The molecular formula is C12H13IN2O2. The van der Waals surface area contributed by atoms with Gasteiger partial charge in [0.2, 0.25) is 5.91 Å². The van der Waals surface area contributed by atoms with E-state index in [1.54, 1.807) is 0 Å². The molecule has 1 atom stereocenters. The van der Waals surface area contributed by atoms with Gasteiger partial charge in [0, 0.05) is 15.8 Å². The quantitative estimate of drug-likeness (QED) is 0.673. The van der Waals surface area contributed by atoms with Gasteiger partial charge in [-0.25, -0.2) is 0 Å². The topological polar surface area (TPSA) is 49.4 Å². The van der Waals surface area contributed by atoms with E-state index in [0.29, 0.717) is 6.54 Å². The van der Waals surface area contributed by atoms with Gasteiger partial charge in [-0.1, -0.05) is 12.1 Å². The highest BCUT2D eigenvalue weighted by molar-refractivity contribution is 14.1. The van der Waals surface area contributed by atoms with Gasteiger partial charge in [-0.2, -0.15) is 0 Å². The maximum atomic E-state index is 11.9. The Morgan fingerprint density at radius 1 is 1.41 bits per heavy atom. The normalized spacial score (nSPS) is 19.9. The summed E-state index contributed by atoms with van der Waals surface area (Å²) in [6, 6.07) is 7.30. The second kappa shape index (κ2) is 5.03. The molecule has 1 heterocycles. The molecule has 1 aliphatic heterocycles. The largest absolute Gasteiger partial charge is 0.372 e. The molecule has 2 amide bonds. The number of carbonyl (C=O) groups excluding carboxylic acids is 2. The van der Waals surface area contributed by atoms with E-state index in [0.717, 1.165) is 9.26 Å². The highest BCUT2D eigenvalue weighted by Crippen LogP contribution is 2.22. The van der Waals surface area contributed by atoms with Crippen molar-refractivity contribution in [2.45, 2.75) is 19.4 Å². The first-order chi connectivity index (χ1) is 8.13. The number of likely N-dealkylation sites (tertiary alicyclic amines) is 1. The standard InChI is InChI=1S/C12H13IN2O2/c1-2-15-11(16)7-10(12(15)17)14-9-6-4-3-5-8(9)13/h3-6,10,14H,2,7H2,1H3. The summed E-state index contributed by atoms with van der Waals surface area (Å²) >= 11 is 2.20. The Morgan fingerprint density at radius 3 is 2.71 bits per heavy atom. The molecule has 4 nitrogen and oxygen atoms in total. The summed E-state index contributed by atoms with van der Waals surface area (Å²) in [4.78, 5) is 24.8. The highest BCUT2D eigenvalue weighted by atomic mass is 127. The summed E-state index contributed by atoms with van der Waals surface area (Å²) in [5, 5.41) is 3.13. The summed E-state index contributed by atoms with van der Waals surface area (Å²) in [5.41, 5.74) is 0.900. The number of halogens is 1. The lowest BCUT2D eigenvalue weighted by atomic mass is 10.2. The molecule has 17 heavy (non-hydrogen) atoms. The molecule has 1 aromatic rings. The minimum Gasteiger partial charge on any atom is -0.372 e.